The molecule has 50 heavy (non-hydrogen) atoms. The van der Waals surface area contributed by atoms with Gasteiger partial charge in [-0.2, -0.15) is 0 Å². The molecule has 0 N–H and O–H groups in total. The molecule has 3 nitrogen and oxygen atoms in total. The number of benzene rings is 7. The molecular weight excluding hydrogens is 607 g/mol. The molecule has 0 amide bonds. The summed E-state index contributed by atoms with van der Waals surface area (Å²) in [7, 11) is 0. The fourth-order valence-electron chi connectivity index (χ4n) is 7.14. The van der Waals surface area contributed by atoms with Gasteiger partial charge in [-0.05, 0) is 73.5 Å². The van der Waals surface area contributed by atoms with Crippen LogP contribution in [-0.4, -0.2) is 15.0 Å². The Balaban J connectivity index is 1.23. The maximum Gasteiger partial charge on any atom is 0.164 e. The van der Waals surface area contributed by atoms with Gasteiger partial charge in [-0.3, -0.25) is 0 Å². The molecule has 9 rings (SSSR count). The predicted molar refractivity (Wildman–Crippen MR) is 207 cm³/mol. The highest BCUT2D eigenvalue weighted by atomic mass is 15.0. The summed E-state index contributed by atoms with van der Waals surface area (Å²) in [5.74, 6) is 2.18. The van der Waals surface area contributed by atoms with Gasteiger partial charge in [0.25, 0.3) is 0 Å². The van der Waals surface area contributed by atoms with Gasteiger partial charge in [0.05, 0.1) is 0 Å². The molecular formula is C47H33N3. The lowest BCUT2D eigenvalue weighted by molar-refractivity contribution is 0.857. The lowest BCUT2D eigenvalue weighted by atomic mass is 9.81. The quantitative estimate of drug-likeness (QED) is 0.170. The van der Waals surface area contributed by atoms with Gasteiger partial charge < -0.3 is 0 Å². The van der Waals surface area contributed by atoms with E-state index in [0.717, 1.165) is 23.1 Å². The molecule has 0 saturated heterocycles. The summed E-state index contributed by atoms with van der Waals surface area (Å²) in [6, 6.07) is 59.8. The van der Waals surface area contributed by atoms with E-state index in [4.69, 9.17) is 15.0 Å². The summed E-state index contributed by atoms with van der Waals surface area (Å²) < 4.78 is 0. The summed E-state index contributed by atoms with van der Waals surface area (Å²) >= 11 is 0. The van der Waals surface area contributed by atoms with Gasteiger partial charge >= 0.3 is 0 Å². The zero-order chi connectivity index (χ0) is 33.3. The Morgan fingerprint density at radius 3 is 1.56 bits per heavy atom. The maximum absolute atomic E-state index is 5.16. The summed E-state index contributed by atoms with van der Waals surface area (Å²) in [5.41, 5.74) is 9.10. The van der Waals surface area contributed by atoms with E-state index in [2.05, 4.69) is 146 Å². The van der Waals surface area contributed by atoms with Crippen LogP contribution in [0, 0.1) is 0 Å². The summed E-state index contributed by atoms with van der Waals surface area (Å²) in [6.07, 6.45) is 5.52. The van der Waals surface area contributed by atoms with Gasteiger partial charge in [-0.25, -0.2) is 15.0 Å². The van der Waals surface area contributed by atoms with Crippen LogP contribution in [0.5, 0.6) is 0 Å². The molecule has 1 aromatic heterocycles. The van der Waals surface area contributed by atoms with Crippen LogP contribution >= 0.6 is 0 Å². The van der Waals surface area contributed by atoms with Gasteiger partial charge in [0.2, 0.25) is 0 Å². The number of rotatable bonds is 6. The average Bonchev–Trinajstić information content (AvgIpc) is 3.21. The zero-order valence-corrected chi connectivity index (χ0v) is 27.4. The molecule has 3 heteroatoms. The molecule has 1 unspecified atom stereocenters. The Morgan fingerprint density at radius 1 is 0.420 bits per heavy atom. The van der Waals surface area contributed by atoms with Crippen LogP contribution in [0.3, 0.4) is 0 Å². The van der Waals surface area contributed by atoms with Crippen LogP contribution in [-0.2, 0) is 0 Å². The van der Waals surface area contributed by atoms with Crippen molar-refractivity contribution < 1.29 is 0 Å². The van der Waals surface area contributed by atoms with Crippen molar-refractivity contribution in [1.82, 2.24) is 15.0 Å². The fraction of sp³-hybridized carbons (Fsp3) is 0.0426. The molecule has 236 valence electrons. The van der Waals surface area contributed by atoms with E-state index in [9.17, 15) is 0 Å². The minimum absolute atomic E-state index is 0.122. The van der Waals surface area contributed by atoms with Crippen molar-refractivity contribution in [2.75, 3.05) is 0 Å². The second kappa shape index (κ2) is 12.9. The topological polar surface area (TPSA) is 38.7 Å². The van der Waals surface area contributed by atoms with E-state index in [1.807, 2.05) is 36.4 Å². The standard InChI is InChI=1S/C47H33N3/c1-4-14-32(15-5-1)33-24-26-34(27-25-33)38-28-39(44-31-37-20-10-11-21-41(37)42-22-12-13-23-43(42)44)30-40(29-38)47-49-45(35-16-6-2-7-17-35)48-46(50-47)36-18-8-3-9-19-36/h1-28,30-31,38H,29H2. The molecule has 0 fully saturated rings. The van der Waals surface area contributed by atoms with Gasteiger partial charge in [-0.1, -0.05) is 170 Å². The van der Waals surface area contributed by atoms with E-state index < -0.39 is 0 Å². The predicted octanol–water partition coefficient (Wildman–Crippen LogP) is 11.8. The Morgan fingerprint density at radius 2 is 0.920 bits per heavy atom. The van der Waals surface area contributed by atoms with Gasteiger partial charge in [0, 0.05) is 17.0 Å². The van der Waals surface area contributed by atoms with E-state index in [1.54, 1.807) is 0 Å². The van der Waals surface area contributed by atoms with Crippen LogP contribution in [0.2, 0.25) is 0 Å². The highest BCUT2D eigenvalue weighted by molar-refractivity contribution is 6.13. The van der Waals surface area contributed by atoms with Gasteiger partial charge in [0.15, 0.2) is 17.5 Å². The first kappa shape index (κ1) is 29.7. The molecule has 7 aromatic carbocycles. The average molecular weight is 640 g/mol. The lowest BCUT2D eigenvalue weighted by Gasteiger charge is -2.24. The van der Waals surface area contributed by atoms with Crippen molar-refractivity contribution in [3.05, 3.63) is 199 Å². The Labute approximate surface area is 292 Å². The highest BCUT2D eigenvalue weighted by Crippen LogP contribution is 2.42. The van der Waals surface area contributed by atoms with Crippen LogP contribution in [0.4, 0.5) is 0 Å². The molecule has 1 aliphatic carbocycles. The molecule has 8 aromatic rings. The van der Waals surface area contributed by atoms with E-state index in [0.29, 0.717) is 17.5 Å². The molecule has 1 aliphatic rings. The third-order valence-corrected chi connectivity index (χ3v) is 9.66. The normalized spacial score (nSPS) is 14.4. The maximum atomic E-state index is 5.16. The van der Waals surface area contributed by atoms with Crippen LogP contribution in [0.25, 0.3) is 66.6 Å². The fourth-order valence-corrected chi connectivity index (χ4v) is 7.14. The number of hydrogen-bond acceptors (Lipinski definition) is 3. The highest BCUT2D eigenvalue weighted by Gasteiger charge is 2.24. The zero-order valence-electron chi connectivity index (χ0n) is 27.4. The molecule has 0 radical (unpaired) electrons. The van der Waals surface area contributed by atoms with Gasteiger partial charge in [-0.15, -0.1) is 0 Å². The van der Waals surface area contributed by atoms with Crippen molar-refractivity contribution in [2.24, 2.45) is 0 Å². The van der Waals surface area contributed by atoms with E-state index in [1.165, 1.54) is 49.4 Å². The summed E-state index contributed by atoms with van der Waals surface area (Å²) in [6.45, 7) is 0. The minimum atomic E-state index is 0.122. The molecule has 1 heterocycles. The van der Waals surface area contributed by atoms with Crippen LogP contribution in [0.1, 0.15) is 29.3 Å². The monoisotopic (exact) mass is 639 g/mol. The lowest BCUT2D eigenvalue weighted by Crippen LogP contribution is -2.08. The Kier molecular flexibility index (Phi) is 7.64. The summed E-state index contributed by atoms with van der Waals surface area (Å²) in [4.78, 5) is 15.3. The van der Waals surface area contributed by atoms with E-state index in [-0.39, 0.29) is 5.92 Å². The van der Waals surface area contributed by atoms with Crippen molar-refractivity contribution >= 4 is 32.7 Å². The number of hydrogen-bond donors (Lipinski definition) is 0. The van der Waals surface area contributed by atoms with Crippen molar-refractivity contribution in [1.29, 1.82) is 0 Å². The Hall–Kier alpha value is -6.45. The van der Waals surface area contributed by atoms with Crippen molar-refractivity contribution in [2.45, 2.75) is 12.3 Å². The molecule has 0 saturated carbocycles. The third-order valence-electron chi connectivity index (χ3n) is 9.66. The van der Waals surface area contributed by atoms with Crippen molar-refractivity contribution in [3.63, 3.8) is 0 Å². The van der Waals surface area contributed by atoms with E-state index >= 15 is 0 Å². The SMILES string of the molecule is C1=C(c2nc(-c3ccccc3)nc(-c3ccccc3)n2)CC(c2ccc(-c3ccccc3)cc2)C=C1c1cc2ccccc2c2ccccc12. The largest absolute Gasteiger partial charge is 0.209 e. The first-order chi connectivity index (χ1) is 24.8. The first-order valence-electron chi connectivity index (χ1n) is 17.1. The van der Waals surface area contributed by atoms with Crippen molar-refractivity contribution in [3.8, 4) is 33.9 Å². The van der Waals surface area contributed by atoms with Gasteiger partial charge in [0.1, 0.15) is 0 Å². The molecule has 0 spiro atoms. The molecule has 1 atom stereocenters. The first-order valence-corrected chi connectivity index (χ1v) is 17.1. The number of nitrogens with zero attached hydrogens (tertiary/aromatic N) is 3. The number of aromatic nitrogens is 3. The Bertz CT molecular complexity index is 2480. The minimum Gasteiger partial charge on any atom is -0.209 e. The molecule has 0 bridgehead atoms. The second-order valence-electron chi connectivity index (χ2n) is 12.8. The smallest absolute Gasteiger partial charge is 0.164 e. The van der Waals surface area contributed by atoms with Crippen LogP contribution < -0.4 is 0 Å². The third kappa shape index (κ3) is 5.69. The summed E-state index contributed by atoms with van der Waals surface area (Å²) in [5, 5.41) is 4.98. The number of allylic oxidation sites excluding steroid dienone is 4. The van der Waals surface area contributed by atoms with Crippen LogP contribution in [0.15, 0.2) is 182 Å². The second-order valence-corrected chi connectivity index (χ2v) is 12.8. The molecule has 0 aliphatic heterocycles. The number of fused-ring (bicyclic) bond motifs is 3.